The van der Waals surface area contributed by atoms with Crippen molar-refractivity contribution in [3.05, 3.63) is 83.9 Å². The van der Waals surface area contributed by atoms with E-state index in [-0.39, 0.29) is 30.6 Å². The normalized spacial score (nSPS) is 10.7. The first-order chi connectivity index (χ1) is 13.5. The number of imidazole rings is 1. The van der Waals surface area contributed by atoms with Gasteiger partial charge in [-0.1, -0.05) is 18.2 Å². The predicted octanol–water partition coefficient (Wildman–Crippen LogP) is 3.50. The SMILES string of the molecule is O=C(NCCc1nccn1C(F)F)c1ccc(NC(=O)c2ccccc2)cc1. The Hall–Kier alpha value is -3.55. The molecule has 1 heterocycles. The Kier molecular flexibility index (Phi) is 6.11. The molecule has 2 amide bonds. The van der Waals surface area contributed by atoms with Crippen LogP contribution in [0.1, 0.15) is 33.1 Å². The first-order valence-corrected chi connectivity index (χ1v) is 8.59. The van der Waals surface area contributed by atoms with Crippen molar-refractivity contribution in [3.63, 3.8) is 0 Å². The number of benzene rings is 2. The third-order valence-electron chi connectivity index (χ3n) is 4.03. The number of hydrogen-bond donors (Lipinski definition) is 2. The van der Waals surface area contributed by atoms with Crippen molar-refractivity contribution >= 4 is 17.5 Å². The Balaban J connectivity index is 1.52. The van der Waals surface area contributed by atoms with Crippen molar-refractivity contribution in [2.45, 2.75) is 13.0 Å². The minimum absolute atomic E-state index is 0.176. The average Bonchev–Trinajstić information content (AvgIpc) is 3.18. The molecule has 6 nitrogen and oxygen atoms in total. The van der Waals surface area contributed by atoms with Gasteiger partial charge in [-0.15, -0.1) is 0 Å². The minimum atomic E-state index is -2.66. The van der Waals surface area contributed by atoms with Crippen molar-refractivity contribution in [3.8, 4) is 0 Å². The monoisotopic (exact) mass is 384 g/mol. The molecule has 0 saturated carbocycles. The van der Waals surface area contributed by atoms with E-state index in [1.54, 1.807) is 48.5 Å². The molecular weight excluding hydrogens is 366 g/mol. The van der Waals surface area contributed by atoms with Crippen LogP contribution in [0.15, 0.2) is 67.0 Å². The lowest BCUT2D eigenvalue weighted by atomic mass is 10.1. The number of nitrogens with one attached hydrogen (secondary N) is 2. The molecule has 2 aromatic carbocycles. The van der Waals surface area contributed by atoms with Crippen molar-refractivity contribution in [2.75, 3.05) is 11.9 Å². The summed E-state index contributed by atoms with van der Waals surface area (Å²) in [5.41, 5.74) is 1.49. The van der Waals surface area contributed by atoms with E-state index in [0.29, 0.717) is 16.8 Å². The fourth-order valence-electron chi connectivity index (χ4n) is 2.60. The molecular formula is C20H18F2N4O2. The summed E-state index contributed by atoms with van der Waals surface area (Å²) in [6.07, 6.45) is 2.68. The summed E-state index contributed by atoms with van der Waals surface area (Å²) in [6, 6.07) is 15.2. The molecule has 0 aliphatic heterocycles. The minimum Gasteiger partial charge on any atom is -0.352 e. The van der Waals surface area contributed by atoms with Crippen LogP contribution in [0.4, 0.5) is 14.5 Å². The van der Waals surface area contributed by atoms with Gasteiger partial charge in [0.1, 0.15) is 5.82 Å². The van der Waals surface area contributed by atoms with Crippen molar-refractivity contribution in [1.29, 1.82) is 0 Å². The number of carbonyl (C=O) groups excluding carboxylic acids is 2. The molecule has 0 atom stereocenters. The van der Waals surface area contributed by atoms with Crippen LogP contribution in [0.2, 0.25) is 0 Å². The summed E-state index contributed by atoms with van der Waals surface area (Å²) in [6.45, 7) is -2.48. The highest BCUT2D eigenvalue weighted by Gasteiger charge is 2.12. The smallest absolute Gasteiger partial charge is 0.319 e. The molecule has 3 aromatic rings. The highest BCUT2D eigenvalue weighted by atomic mass is 19.3. The largest absolute Gasteiger partial charge is 0.352 e. The number of halogens is 2. The molecule has 3 rings (SSSR count). The zero-order valence-corrected chi connectivity index (χ0v) is 14.8. The van der Waals surface area contributed by atoms with Gasteiger partial charge in [-0.25, -0.2) is 4.98 Å². The Bertz CT molecular complexity index is 940. The van der Waals surface area contributed by atoms with Gasteiger partial charge >= 0.3 is 6.55 Å². The predicted molar refractivity (Wildman–Crippen MR) is 100 cm³/mol. The first kappa shape index (κ1) is 19.2. The summed E-state index contributed by atoms with van der Waals surface area (Å²) in [4.78, 5) is 28.1. The third-order valence-corrected chi connectivity index (χ3v) is 4.03. The van der Waals surface area contributed by atoms with Gasteiger partial charge < -0.3 is 10.6 Å². The fraction of sp³-hybridized carbons (Fsp3) is 0.150. The fourth-order valence-corrected chi connectivity index (χ4v) is 2.60. The maximum Gasteiger partial charge on any atom is 0.319 e. The van der Waals surface area contributed by atoms with Crippen LogP contribution in [0.3, 0.4) is 0 Å². The van der Waals surface area contributed by atoms with Crippen LogP contribution in [0, 0.1) is 0 Å². The Morgan fingerprint density at radius 2 is 1.64 bits per heavy atom. The van der Waals surface area contributed by atoms with E-state index < -0.39 is 6.55 Å². The van der Waals surface area contributed by atoms with E-state index >= 15 is 0 Å². The zero-order valence-electron chi connectivity index (χ0n) is 14.8. The summed E-state index contributed by atoms with van der Waals surface area (Å²) >= 11 is 0. The highest BCUT2D eigenvalue weighted by molar-refractivity contribution is 6.04. The second kappa shape index (κ2) is 8.90. The third kappa shape index (κ3) is 4.79. The second-order valence-corrected chi connectivity index (χ2v) is 5.93. The Morgan fingerprint density at radius 1 is 0.964 bits per heavy atom. The Morgan fingerprint density at radius 3 is 2.32 bits per heavy atom. The lowest BCUT2D eigenvalue weighted by Crippen LogP contribution is -2.26. The van der Waals surface area contributed by atoms with Gasteiger partial charge in [0.05, 0.1) is 0 Å². The first-order valence-electron chi connectivity index (χ1n) is 8.59. The van der Waals surface area contributed by atoms with Gasteiger partial charge in [-0.05, 0) is 36.4 Å². The molecule has 0 unspecified atom stereocenters. The molecule has 0 bridgehead atoms. The van der Waals surface area contributed by atoms with Gasteiger partial charge in [-0.3, -0.25) is 14.2 Å². The van der Waals surface area contributed by atoms with Gasteiger partial charge in [-0.2, -0.15) is 8.78 Å². The maximum absolute atomic E-state index is 12.8. The highest BCUT2D eigenvalue weighted by Crippen LogP contribution is 2.13. The molecule has 0 spiro atoms. The van der Waals surface area contributed by atoms with E-state index in [1.807, 2.05) is 6.07 Å². The molecule has 0 fully saturated rings. The van der Waals surface area contributed by atoms with Crippen molar-refractivity contribution < 1.29 is 18.4 Å². The number of nitrogens with zero attached hydrogens (tertiary/aromatic N) is 2. The lowest BCUT2D eigenvalue weighted by molar-refractivity contribution is 0.0670. The van der Waals surface area contributed by atoms with Gasteiger partial charge in [0.2, 0.25) is 0 Å². The van der Waals surface area contributed by atoms with Crippen molar-refractivity contribution in [2.24, 2.45) is 0 Å². The van der Waals surface area contributed by atoms with E-state index in [4.69, 9.17) is 0 Å². The molecule has 0 aliphatic carbocycles. The van der Waals surface area contributed by atoms with Crippen LogP contribution < -0.4 is 10.6 Å². The number of carbonyl (C=O) groups is 2. The van der Waals surface area contributed by atoms with Gasteiger partial charge in [0, 0.05) is 42.2 Å². The molecule has 144 valence electrons. The number of anilines is 1. The average molecular weight is 384 g/mol. The van der Waals surface area contributed by atoms with Crippen LogP contribution in [0.25, 0.3) is 0 Å². The number of rotatable bonds is 7. The zero-order chi connectivity index (χ0) is 19.9. The molecule has 2 N–H and O–H groups in total. The quantitative estimate of drug-likeness (QED) is 0.655. The standard InChI is InChI=1S/C20H18F2N4O2/c21-20(22)26-13-12-23-17(26)10-11-24-18(27)15-6-8-16(9-7-15)25-19(28)14-4-2-1-3-5-14/h1-9,12-13,20H,10-11H2,(H,24,27)(H,25,28). The van der Waals surface area contributed by atoms with E-state index in [9.17, 15) is 18.4 Å². The van der Waals surface area contributed by atoms with Crippen LogP contribution in [0.5, 0.6) is 0 Å². The summed E-state index contributed by atoms with van der Waals surface area (Å²) in [5, 5.41) is 5.42. The number of amides is 2. The molecule has 0 saturated heterocycles. The molecule has 0 radical (unpaired) electrons. The summed E-state index contributed by atoms with van der Waals surface area (Å²) < 4.78 is 26.3. The number of alkyl halides is 2. The molecule has 1 aromatic heterocycles. The van der Waals surface area contributed by atoms with Crippen LogP contribution in [-0.4, -0.2) is 27.9 Å². The summed E-state index contributed by atoms with van der Waals surface area (Å²) in [7, 11) is 0. The van der Waals surface area contributed by atoms with Crippen LogP contribution in [-0.2, 0) is 6.42 Å². The van der Waals surface area contributed by atoms with Gasteiger partial charge in [0.15, 0.2) is 0 Å². The molecule has 28 heavy (non-hydrogen) atoms. The topological polar surface area (TPSA) is 76.0 Å². The number of hydrogen-bond acceptors (Lipinski definition) is 3. The molecule has 0 aliphatic rings. The second-order valence-electron chi connectivity index (χ2n) is 5.93. The lowest BCUT2D eigenvalue weighted by Gasteiger charge is -2.09. The maximum atomic E-state index is 12.8. The Labute approximate surface area is 160 Å². The van der Waals surface area contributed by atoms with Crippen LogP contribution >= 0.6 is 0 Å². The summed E-state index contributed by atoms with van der Waals surface area (Å²) in [5.74, 6) is -0.377. The van der Waals surface area contributed by atoms with E-state index in [0.717, 1.165) is 4.57 Å². The van der Waals surface area contributed by atoms with Crippen molar-refractivity contribution in [1.82, 2.24) is 14.9 Å². The van der Waals surface area contributed by atoms with E-state index in [2.05, 4.69) is 15.6 Å². The van der Waals surface area contributed by atoms with Gasteiger partial charge in [0.25, 0.3) is 11.8 Å². The number of aromatic nitrogens is 2. The van der Waals surface area contributed by atoms with E-state index in [1.165, 1.54) is 12.4 Å². The molecule has 8 heteroatoms.